The van der Waals surface area contributed by atoms with E-state index in [1.807, 2.05) is 0 Å². The molecule has 0 aliphatic heterocycles. The Hall–Kier alpha value is -3.34. The SMILES string of the molecule is CC[C@H](C(=O)NC(C)C)N(Cc1ccc(Cl)cc1Cl)C(=O)CN(c1ccc(F)cc1)S(=O)(=O)c1ccc(OC)cc1. The summed E-state index contributed by atoms with van der Waals surface area (Å²) in [7, 11) is -2.86. The number of anilines is 1. The Labute approximate surface area is 250 Å². The molecule has 8 nitrogen and oxygen atoms in total. The van der Waals surface area contributed by atoms with Crippen molar-refractivity contribution in [3.05, 3.63) is 88.2 Å². The number of carbonyl (C=O) groups is 2. The summed E-state index contributed by atoms with van der Waals surface area (Å²) < 4.78 is 47.5. The lowest BCUT2D eigenvalue weighted by molar-refractivity contribution is -0.140. The van der Waals surface area contributed by atoms with Crippen LogP contribution < -0.4 is 14.4 Å². The minimum Gasteiger partial charge on any atom is -0.497 e. The number of rotatable bonds is 12. The van der Waals surface area contributed by atoms with Crippen LogP contribution >= 0.6 is 23.2 Å². The predicted octanol–water partition coefficient (Wildman–Crippen LogP) is 5.67. The topological polar surface area (TPSA) is 96.0 Å². The molecule has 0 aliphatic rings. The molecule has 0 saturated carbocycles. The number of halogens is 3. The van der Waals surface area contributed by atoms with Crippen molar-refractivity contribution in [1.29, 1.82) is 0 Å². The second-order valence-electron chi connectivity index (χ2n) is 9.51. The number of nitrogens with zero attached hydrogens (tertiary/aromatic N) is 2. The number of ether oxygens (including phenoxy) is 1. The van der Waals surface area contributed by atoms with Crippen molar-refractivity contribution in [2.75, 3.05) is 18.0 Å². The molecule has 3 aromatic rings. The molecule has 0 spiro atoms. The van der Waals surface area contributed by atoms with Crippen LogP contribution in [0.1, 0.15) is 32.8 Å². The summed E-state index contributed by atoms with van der Waals surface area (Å²) in [5.74, 6) is -1.19. The number of hydrogen-bond donors (Lipinski definition) is 1. The number of sulfonamides is 1. The van der Waals surface area contributed by atoms with E-state index >= 15 is 0 Å². The normalized spacial score (nSPS) is 12.1. The average Bonchev–Trinajstić information content (AvgIpc) is 2.92. The highest BCUT2D eigenvalue weighted by molar-refractivity contribution is 7.92. The van der Waals surface area contributed by atoms with Gasteiger partial charge in [-0.05, 0) is 86.5 Å². The summed E-state index contributed by atoms with van der Waals surface area (Å²) in [6, 6.07) is 14.1. The van der Waals surface area contributed by atoms with Crippen LogP contribution in [0.2, 0.25) is 10.0 Å². The molecule has 1 N–H and O–H groups in total. The lowest BCUT2D eigenvalue weighted by Crippen LogP contribution is -2.53. The van der Waals surface area contributed by atoms with Gasteiger partial charge >= 0.3 is 0 Å². The van der Waals surface area contributed by atoms with Crippen molar-refractivity contribution < 1.29 is 27.1 Å². The van der Waals surface area contributed by atoms with Crippen molar-refractivity contribution in [1.82, 2.24) is 10.2 Å². The highest BCUT2D eigenvalue weighted by Gasteiger charge is 2.34. The van der Waals surface area contributed by atoms with Crippen molar-refractivity contribution >= 4 is 50.7 Å². The molecular formula is C29H32Cl2FN3O5S. The maximum absolute atomic E-state index is 14.0. The lowest BCUT2D eigenvalue weighted by Gasteiger charge is -2.33. The van der Waals surface area contributed by atoms with Crippen molar-refractivity contribution in [3.8, 4) is 5.75 Å². The Kier molecular flexibility index (Phi) is 11.0. The zero-order valence-electron chi connectivity index (χ0n) is 23.1. The van der Waals surface area contributed by atoms with E-state index in [1.54, 1.807) is 32.9 Å². The molecule has 12 heteroatoms. The first kappa shape index (κ1) is 32.2. The fourth-order valence-corrected chi connectivity index (χ4v) is 6.03. The standard InChI is InChI=1S/C29H32Cl2FN3O5S/c1-5-27(29(37)33-19(2)3)34(17-20-6-7-21(30)16-26(20)31)28(36)18-35(23-10-8-22(32)9-11-23)41(38,39)25-14-12-24(40-4)13-15-25/h6-16,19,27H,5,17-18H2,1-4H3,(H,33,37)/t27-/m1/s1. The fraction of sp³-hybridized carbons (Fsp3) is 0.310. The van der Waals surface area contributed by atoms with Crippen LogP contribution in [0.15, 0.2) is 71.6 Å². The summed E-state index contributed by atoms with van der Waals surface area (Å²) in [6.07, 6.45) is 0.247. The van der Waals surface area contributed by atoms with Gasteiger partial charge in [-0.2, -0.15) is 0 Å². The third-order valence-electron chi connectivity index (χ3n) is 6.21. The molecule has 0 saturated heterocycles. The van der Waals surface area contributed by atoms with Crippen molar-refractivity contribution in [3.63, 3.8) is 0 Å². The molecule has 220 valence electrons. The Morgan fingerprint density at radius 3 is 2.17 bits per heavy atom. The predicted molar refractivity (Wildman–Crippen MR) is 158 cm³/mol. The zero-order chi connectivity index (χ0) is 30.3. The summed E-state index contributed by atoms with van der Waals surface area (Å²) in [6.45, 7) is 4.59. The fourth-order valence-electron chi connectivity index (χ4n) is 4.14. The maximum Gasteiger partial charge on any atom is 0.264 e. The lowest BCUT2D eigenvalue weighted by atomic mass is 10.1. The monoisotopic (exact) mass is 623 g/mol. The van der Waals surface area contributed by atoms with Crippen LogP contribution in [-0.4, -0.2) is 50.9 Å². The molecule has 0 fully saturated rings. The third-order valence-corrected chi connectivity index (χ3v) is 8.59. The zero-order valence-corrected chi connectivity index (χ0v) is 25.4. The van der Waals surface area contributed by atoms with Crippen LogP contribution in [0.3, 0.4) is 0 Å². The second-order valence-corrected chi connectivity index (χ2v) is 12.2. The van der Waals surface area contributed by atoms with Crippen LogP contribution in [0.4, 0.5) is 10.1 Å². The smallest absolute Gasteiger partial charge is 0.264 e. The van der Waals surface area contributed by atoms with Crippen LogP contribution in [0, 0.1) is 5.82 Å². The summed E-state index contributed by atoms with van der Waals surface area (Å²) >= 11 is 12.5. The molecule has 0 radical (unpaired) electrons. The third kappa shape index (κ3) is 8.12. The quantitative estimate of drug-likeness (QED) is 0.280. The van der Waals surface area contributed by atoms with Gasteiger partial charge in [0.1, 0.15) is 24.2 Å². The molecule has 0 aromatic heterocycles. The van der Waals surface area contributed by atoms with Crippen molar-refractivity contribution in [2.45, 2.75) is 50.7 Å². The van der Waals surface area contributed by atoms with Crippen molar-refractivity contribution in [2.24, 2.45) is 0 Å². The van der Waals surface area contributed by atoms with Gasteiger partial charge in [0, 0.05) is 22.6 Å². The van der Waals surface area contributed by atoms with Gasteiger partial charge in [0.05, 0.1) is 17.7 Å². The highest BCUT2D eigenvalue weighted by Crippen LogP contribution is 2.28. The Morgan fingerprint density at radius 2 is 1.63 bits per heavy atom. The Bertz CT molecular complexity index is 1470. The first-order valence-corrected chi connectivity index (χ1v) is 15.0. The first-order chi connectivity index (χ1) is 19.4. The molecule has 2 amide bonds. The number of benzene rings is 3. The van der Waals surface area contributed by atoms with Gasteiger partial charge in [-0.15, -0.1) is 0 Å². The molecule has 0 unspecified atom stereocenters. The molecule has 41 heavy (non-hydrogen) atoms. The molecule has 0 heterocycles. The number of amides is 2. The molecule has 0 bridgehead atoms. The average molecular weight is 625 g/mol. The van der Waals surface area contributed by atoms with Gasteiger partial charge < -0.3 is 15.0 Å². The van der Waals surface area contributed by atoms with Gasteiger partial charge in [-0.1, -0.05) is 36.2 Å². The van der Waals surface area contributed by atoms with E-state index in [-0.39, 0.29) is 34.6 Å². The van der Waals surface area contributed by atoms with E-state index < -0.39 is 40.2 Å². The molecule has 1 atom stereocenters. The van der Waals surface area contributed by atoms with Crippen LogP contribution in [0.5, 0.6) is 5.75 Å². The number of methoxy groups -OCH3 is 1. The maximum atomic E-state index is 14.0. The first-order valence-electron chi connectivity index (χ1n) is 12.8. The van der Waals surface area contributed by atoms with E-state index in [0.717, 1.165) is 16.4 Å². The second kappa shape index (κ2) is 14.0. The summed E-state index contributed by atoms with van der Waals surface area (Å²) in [4.78, 5) is 28.4. The molecule has 3 rings (SSSR count). The highest BCUT2D eigenvalue weighted by atomic mass is 35.5. The van der Waals surface area contributed by atoms with E-state index in [1.165, 1.54) is 54.5 Å². The van der Waals surface area contributed by atoms with E-state index in [2.05, 4.69) is 5.32 Å². The number of hydrogen-bond acceptors (Lipinski definition) is 5. The van der Waals surface area contributed by atoms with Crippen LogP contribution in [-0.2, 0) is 26.2 Å². The number of carbonyl (C=O) groups excluding carboxylic acids is 2. The van der Waals surface area contributed by atoms with E-state index in [0.29, 0.717) is 16.3 Å². The molecule has 0 aliphatic carbocycles. The van der Waals surface area contributed by atoms with E-state index in [9.17, 15) is 22.4 Å². The van der Waals surface area contributed by atoms with Gasteiger partial charge in [0.25, 0.3) is 10.0 Å². The van der Waals surface area contributed by atoms with Gasteiger partial charge in [0.15, 0.2) is 0 Å². The van der Waals surface area contributed by atoms with E-state index in [4.69, 9.17) is 27.9 Å². The number of nitrogens with one attached hydrogen (secondary N) is 1. The Morgan fingerprint density at radius 1 is 1.00 bits per heavy atom. The van der Waals surface area contributed by atoms with Gasteiger partial charge in [0.2, 0.25) is 11.8 Å². The van der Waals surface area contributed by atoms with Crippen LogP contribution in [0.25, 0.3) is 0 Å². The summed E-state index contributed by atoms with van der Waals surface area (Å²) in [5, 5.41) is 3.51. The largest absolute Gasteiger partial charge is 0.497 e. The van der Waals surface area contributed by atoms with Gasteiger partial charge in [-0.25, -0.2) is 12.8 Å². The molecular weight excluding hydrogens is 592 g/mol. The minimum atomic E-state index is -4.32. The van der Waals surface area contributed by atoms with Gasteiger partial charge in [-0.3, -0.25) is 13.9 Å². The minimum absolute atomic E-state index is 0.0692. The molecule has 3 aromatic carbocycles. The Balaban J connectivity index is 2.08. The summed E-state index contributed by atoms with van der Waals surface area (Å²) in [5.41, 5.74) is 0.589.